The Morgan fingerprint density at radius 1 is 1.07 bits per heavy atom. The van der Waals surface area contributed by atoms with Crippen LogP contribution in [0.5, 0.6) is 0 Å². The second-order valence-corrected chi connectivity index (χ2v) is 9.12. The summed E-state index contributed by atoms with van der Waals surface area (Å²) in [6.07, 6.45) is -3.82. The van der Waals surface area contributed by atoms with E-state index < -0.39 is 59.6 Å². The summed E-state index contributed by atoms with van der Waals surface area (Å²) in [4.78, 5) is 64.5. The van der Waals surface area contributed by atoms with Crippen molar-refractivity contribution in [2.24, 2.45) is 0 Å². The first-order valence-corrected chi connectivity index (χ1v) is 12.2. The lowest BCUT2D eigenvalue weighted by Gasteiger charge is -2.18. The number of aliphatic hydroxyl groups excluding tert-OH is 1. The summed E-state index contributed by atoms with van der Waals surface area (Å²) in [5.41, 5.74) is -3.46. The fourth-order valence-electron chi connectivity index (χ4n) is 4.35. The van der Waals surface area contributed by atoms with E-state index in [-0.39, 0.29) is 22.8 Å². The number of carboxylic acid groups (broad SMARTS) is 1. The number of rotatable bonds is 8. The van der Waals surface area contributed by atoms with Crippen LogP contribution in [0, 0.1) is 6.92 Å². The van der Waals surface area contributed by atoms with Gasteiger partial charge in [-0.3, -0.25) is 23.6 Å². The molecule has 15 heteroatoms. The number of halogens is 3. The fourth-order valence-corrected chi connectivity index (χ4v) is 4.35. The maximum Gasteiger partial charge on any atom is 0.416 e. The van der Waals surface area contributed by atoms with E-state index in [2.05, 4.69) is 5.32 Å². The molecule has 12 nitrogen and oxygen atoms in total. The van der Waals surface area contributed by atoms with E-state index in [1.807, 2.05) is 5.32 Å². The number of anilines is 1. The summed E-state index contributed by atoms with van der Waals surface area (Å²) in [6, 6.07) is 7.09. The minimum absolute atomic E-state index is 0.0164. The number of nitrogens with zero attached hydrogens (tertiary/aromatic N) is 3. The molecule has 0 bridgehead atoms. The number of hydrogen-bond donors (Lipinski definition) is 4. The van der Waals surface area contributed by atoms with Crippen molar-refractivity contribution >= 4 is 23.6 Å². The van der Waals surface area contributed by atoms with Crippen LogP contribution < -0.4 is 26.8 Å². The molecule has 1 aromatic heterocycles. The Hall–Kier alpha value is -4.92. The van der Waals surface area contributed by atoms with E-state index in [0.717, 1.165) is 22.9 Å². The van der Waals surface area contributed by atoms with E-state index in [9.17, 15) is 47.4 Å². The number of benzene rings is 2. The Morgan fingerprint density at radius 2 is 1.73 bits per heavy atom. The maximum absolute atomic E-state index is 13.5. The number of hydrogen-bond acceptors (Lipinski definition) is 6. The molecule has 0 radical (unpaired) electrons. The van der Waals surface area contributed by atoms with Gasteiger partial charge in [-0.1, -0.05) is 12.1 Å². The van der Waals surface area contributed by atoms with Gasteiger partial charge in [0.2, 0.25) is 0 Å². The van der Waals surface area contributed by atoms with Gasteiger partial charge in [0.1, 0.15) is 5.56 Å². The van der Waals surface area contributed by atoms with Gasteiger partial charge >= 0.3 is 23.9 Å². The Morgan fingerprint density at radius 3 is 2.29 bits per heavy atom. The number of aliphatic hydroxyl groups is 1. The highest BCUT2D eigenvalue weighted by Crippen LogP contribution is 2.33. The molecule has 0 saturated carbocycles. The summed E-state index contributed by atoms with van der Waals surface area (Å²) in [6.45, 7) is 0.389. The predicted molar refractivity (Wildman–Crippen MR) is 138 cm³/mol. The molecule has 1 aliphatic rings. The second kappa shape index (κ2) is 11.3. The number of amides is 3. The monoisotopic (exact) mass is 575 g/mol. The number of alkyl halides is 3. The number of carbonyl (C=O) groups excluding carboxylic acids is 2. The summed E-state index contributed by atoms with van der Waals surface area (Å²) in [5, 5.41) is 23.1. The summed E-state index contributed by atoms with van der Waals surface area (Å²) in [5.74, 6) is -2.82. The number of nitrogens with one attached hydrogen (secondary N) is 2. The predicted octanol–water partition coefficient (Wildman–Crippen LogP) is 1.08. The van der Waals surface area contributed by atoms with Gasteiger partial charge in [-0.2, -0.15) is 13.2 Å². The Labute approximate surface area is 229 Å². The Balaban J connectivity index is 1.85. The molecule has 0 aliphatic carbocycles. The van der Waals surface area contributed by atoms with Crippen molar-refractivity contribution < 1.29 is 37.8 Å². The van der Waals surface area contributed by atoms with Gasteiger partial charge in [0, 0.05) is 25.0 Å². The average Bonchev–Trinajstić information content (AvgIpc) is 3.35. The van der Waals surface area contributed by atoms with Crippen molar-refractivity contribution in [3.8, 4) is 5.69 Å². The normalized spacial score (nSPS) is 14.1. The minimum Gasteiger partial charge on any atom is -0.480 e. The summed E-state index contributed by atoms with van der Waals surface area (Å²) in [7, 11) is 0. The highest BCUT2D eigenvalue weighted by Gasteiger charge is 2.33. The first kappa shape index (κ1) is 29.1. The van der Waals surface area contributed by atoms with Crippen LogP contribution in [0.3, 0.4) is 0 Å². The van der Waals surface area contributed by atoms with Gasteiger partial charge in [0.15, 0.2) is 6.04 Å². The SMILES string of the molecule is Cc1c(Cn2c(=O)c(C(=O)NC(CO)C(=O)O)cn(-c3ccc(N4CCNC4=O)cc3)c2=O)cccc1C(F)(F)F. The highest BCUT2D eigenvalue weighted by atomic mass is 19.4. The Kier molecular flexibility index (Phi) is 8.00. The molecule has 1 saturated heterocycles. The van der Waals surface area contributed by atoms with Gasteiger partial charge in [-0.15, -0.1) is 0 Å². The van der Waals surface area contributed by atoms with E-state index in [1.165, 1.54) is 42.2 Å². The standard InChI is InChI=1S/C26H24F3N5O7/c1-14-15(3-2-4-19(14)26(27,28)29)11-34-22(37)18(21(36)31-20(13-35)23(38)39)12-33(25(34)41)17-7-5-16(6-8-17)32-10-9-30-24(32)40/h2-8,12,20,35H,9-11,13H2,1H3,(H,30,40)(H,31,36)(H,38,39). The van der Waals surface area contributed by atoms with E-state index >= 15 is 0 Å². The molecule has 216 valence electrons. The number of carboxylic acids is 1. The number of urea groups is 1. The molecule has 4 rings (SSSR count). The average molecular weight is 576 g/mol. The van der Waals surface area contributed by atoms with E-state index in [4.69, 9.17) is 0 Å². The molecular formula is C26H24F3N5O7. The van der Waals surface area contributed by atoms with Crippen LogP contribution in [0.1, 0.15) is 27.0 Å². The molecule has 1 atom stereocenters. The van der Waals surface area contributed by atoms with Crippen molar-refractivity contribution in [2.45, 2.75) is 25.7 Å². The van der Waals surface area contributed by atoms with Gasteiger partial charge < -0.3 is 20.8 Å². The quantitative estimate of drug-likeness (QED) is 0.312. The number of carbonyl (C=O) groups is 3. The zero-order valence-electron chi connectivity index (χ0n) is 21.4. The Bertz CT molecular complexity index is 1630. The lowest BCUT2D eigenvalue weighted by Crippen LogP contribution is -2.48. The van der Waals surface area contributed by atoms with Gasteiger partial charge in [-0.25, -0.2) is 14.4 Å². The fraction of sp³-hybridized carbons (Fsp3) is 0.269. The largest absolute Gasteiger partial charge is 0.480 e. The molecule has 2 aromatic carbocycles. The second-order valence-electron chi connectivity index (χ2n) is 9.12. The van der Waals surface area contributed by atoms with Crippen LogP contribution in [-0.2, 0) is 17.5 Å². The summed E-state index contributed by atoms with van der Waals surface area (Å²) >= 11 is 0. The maximum atomic E-state index is 13.5. The van der Waals surface area contributed by atoms with Crippen LogP contribution in [0.15, 0.2) is 58.3 Å². The van der Waals surface area contributed by atoms with E-state index in [0.29, 0.717) is 23.3 Å². The smallest absolute Gasteiger partial charge is 0.416 e. The molecule has 1 aliphatic heterocycles. The van der Waals surface area contributed by atoms with Crippen LogP contribution in [0.4, 0.5) is 23.7 Å². The minimum atomic E-state index is -4.70. The topological polar surface area (TPSA) is 163 Å². The van der Waals surface area contributed by atoms with Crippen LogP contribution >= 0.6 is 0 Å². The zero-order chi connectivity index (χ0) is 30.1. The molecular weight excluding hydrogens is 551 g/mol. The van der Waals surface area contributed by atoms with Gasteiger partial charge in [-0.05, 0) is 48.4 Å². The first-order valence-electron chi connectivity index (χ1n) is 12.2. The molecule has 0 spiro atoms. The lowest BCUT2D eigenvalue weighted by molar-refractivity contribution is -0.140. The molecule has 1 fully saturated rings. The number of aliphatic carboxylic acids is 1. The van der Waals surface area contributed by atoms with Crippen LogP contribution in [0.25, 0.3) is 5.69 Å². The molecule has 3 amide bonds. The molecule has 1 unspecified atom stereocenters. The van der Waals surface area contributed by atoms with Gasteiger partial charge in [0.05, 0.1) is 24.4 Å². The van der Waals surface area contributed by atoms with Crippen LogP contribution in [-0.4, -0.2) is 63.0 Å². The van der Waals surface area contributed by atoms with Crippen molar-refractivity contribution in [3.63, 3.8) is 0 Å². The van der Waals surface area contributed by atoms with Crippen molar-refractivity contribution in [1.82, 2.24) is 19.8 Å². The van der Waals surface area contributed by atoms with Crippen molar-refractivity contribution in [3.05, 3.63) is 91.8 Å². The van der Waals surface area contributed by atoms with Crippen molar-refractivity contribution in [1.29, 1.82) is 0 Å². The summed E-state index contributed by atoms with van der Waals surface area (Å²) < 4.78 is 41.9. The molecule has 3 aromatic rings. The first-order chi connectivity index (χ1) is 19.3. The van der Waals surface area contributed by atoms with E-state index in [1.54, 1.807) is 0 Å². The molecule has 4 N–H and O–H groups in total. The van der Waals surface area contributed by atoms with Gasteiger partial charge in [0.25, 0.3) is 11.5 Å². The molecule has 41 heavy (non-hydrogen) atoms. The third kappa shape index (κ3) is 5.84. The van der Waals surface area contributed by atoms with Crippen molar-refractivity contribution in [2.75, 3.05) is 24.6 Å². The molecule has 2 heterocycles. The van der Waals surface area contributed by atoms with Crippen LogP contribution in [0.2, 0.25) is 0 Å². The zero-order valence-corrected chi connectivity index (χ0v) is 21.4. The highest BCUT2D eigenvalue weighted by molar-refractivity contribution is 5.96. The third-order valence-corrected chi connectivity index (χ3v) is 6.58. The lowest BCUT2D eigenvalue weighted by atomic mass is 10.0. The number of aromatic nitrogens is 2. The third-order valence-electron chi connectivity index (χ3n) is 6.58.